The molecule has 3 aromatic carbocycles. The zero-order valence-electron chi connectivity index (χ0n) is 31.7. The van der Waals surface area contributed by atoms with Gasteiger partial charge in [-0.3, -0.25) is 24.1 Å². The number of carbonyl (C=O) groups is 5. The zero-order chi connectivity index (χ0) is 38.7. The van der Waals surface area contributed by atoms with E-state index in [0.717, 1.165) is 23.1 Å². The second-order valence-electron chi connectivity index (χ2n) is 15.6. The fraction of sp³-hybridized carbons (Fsp3) is 0.432. The number of benzene rings is 3. The topological polar surface area (TPSA) is 123 Å². The Morgan fingerprint density at radius 1 is 0.709 bits per heavy atom. The van der Waals surface area contributed by atoms with Crippen LogP contribution in [0.4, 0.5) is 0 Å². The number of imide groups is 1. The van der Waals surface area contributed by atoms with E-state index in [9.17, 15) is 24.0 Å². The third-order valence-corrected chi connectivity index (χ3v) is 11.6. The lowest BCUT2D eigenvalue weighted by Crippen LogP contribution is -2.58. The lowest BCUT2D eigenvalue weighted by molar-refractivity contribution is -0.199. The maximum Gasteiger partial charge on any atom is 0.333 e. The average Bonchev–Trinajstić information content (AvgIpc) is 3.89. The highest BCUT2D eigenvalue weighted by molar-refractivity contribution is 6.06. The van der Waals surface area contributed by atoms with Crippen LogP contribution in [0.1, 0.15) is 63.1 Å². The van der Waals surface area contributed by atoms with Crippen LogP contribution >= 0.6 is 0 Å². The molecule has 11 heteroatoms. The molecule has 2 saturated heterocycles. The van der Waals surface area contributed by atoms with Crippen molar-refractivity contribution in [2.24, 2.45) is 23.7 Å². The number of carbonyl (C=O) groups excluding carboxylic acids is 5. The van der Waals surface area contributed by atoms with Crippen molar-refractivity contribution in [1.82, 2.24) is 14.9 Å². The lowest BCUT2D eigenvalue weighted by atomic mass is 9.75. The molecule has 2 heterocycles. The molecular weight excluding hydrogens is 698 g/mol. The van der Waals surface area contributed by atoms with Gasteiger partial charge in [0.15, 0.2) is 0 Å². The number of piperazine rings is 1. The molecule has 0 radical (unpaired) electrons. The average molecular weight is 748 g/mol. The minimum atomic E-state index is -0.935. The molecular formula is C44H49N3O8. The summed E-state index contributed by atoms with van der Waals surface area (Å²) in [5.41, 5.74) is 2.00. The van der Waals surface area contributed by atoms with E-state index in [1.165, 1.54) is 0 Å². The number of hydrogen-bond acceptors (Lipinski definition) is 9. The largest absolute Gasteiger partial charge is 0.460 e. The molecule has 288 valence electrons. The number of ether oxygens (including phenoxy) is 2. The van der Waals surface area contributed by atoms with Gasteiger partial charge in [-0.25, -0.2) is 4.79 Å². The Bertz CT molecular complexity index is 1780. The molecule has 11 nitrogen and oxygen atoms in total. The van der Waals surface area contributed by atoms with E-state index >= 15 is 0 Å². The van der Waals surface area contributed by atoms with Gasteiger partial charge in [-0.15, -0.1) is 5.06 Å². The monoisotopic (exact) mass is 747 g/mol. The molecule has 2 aliphatic heterocycles. The van der Waals surface area contributed by atoms with Crippen molar-refractivity contribution in [1.29, 1.82) is 0 Å². The summed E-state index contributed by atoms with van der Waals surface area (Å²) in [6.45, 7) is 7.75. The minimum absolute atomic E-state index is 0.000262. The van der Waals surface area contributed by atoms with Crippen molar-refractivity contribution in [3.63, 3.8) is 0 Å². The fourth-order valence-corrected chi connectivity index (χ4v) is 8.88. The van der Waals surface area contributed by atoms with Crippen LogP contribution in [0.2, 0.25) is 0 Å². The van der Waals surface area contributed by atoms with Gasteiger partial charge in [-0.05, 0) is 55.7 Å². The maximum atomic E-state index is 13.6. The number of esters is 1. The summed E-state index contributed by atoms with van der Waals surface area (Å²) in [5.74, 6) is -3.50. The van der Waals surface area contributed by atoms with Crippen LogP contribution in [0, 0.1) is 23.7 Å². The summed E-state index contributed by atoms with van der Waals surface area (Å²) >= 11 is 0. The number of hydrogen-bond donors (Lipinski definition) is 0. The summed E-state index contributed by atoms with van der Waals surface area (Å²) in [4.78, 5) is 73.8. The molecule has 2 bridgehead atoms. The van der Waals surface area contributed by atoms with Crippen LogP contribution in [-0.2, 0) is 43.8 Å². The maximum absolute atomic E-state index is 13.6. The van der Waals surface area contributed by atoms with Gasteiger partial charge >= 0.3 is 11.9 Å². The van der Waals surface area contributed by atoms with Gasteiger partial charge in [0, 0.05) is 32.6 Å². The fourth-order valence-electron chi connectivity index (χ4n) is 8.88. The van der Waals surface area contributed by atoms with Gasteiger partial charge < -0.3 is 19.2 Å². The van der Waals surface area contributed by atoms with Crippen LogP contribution in [-0.4, -0.2) is 89.0 Å². The lowest BCUT2D eigenvalue weighted by Gasteiger charge is -2.49. The third kappa shape index (κ3) is 7.60. The van der Waals surface area contributed by atoms with Crippen LogP contribution < -0.4 is 0 Å². The Kier molecular flexibility index (Phi) is 11.0. The van der Waals surface area contributed by atoms with Gasteiger partial charge in [0.2, 0.25) is 0 Å². The smallest absolute Gasteiger partial charge is 0.333 e. The molecule has 4 aliphatic rings. The Labute approximate surface area is 322 Å². The predicted octanol–water partition coefficient (Wildman–Crippen LogP) is 5.29. The molecule has 3 fully saturated rings. The second kappa shape index (κ2) is 15.9. The van der Waals surface area contributed by atoms with Gasteiger partial charge in [-0.1, -0.05) is 103 Å². The molecule has 0 aromatic heterocycles. The Balaban J connectivity index is 0.879. The number of hydroxylamine groups is 2. The first-order chi connectivity index (χ1) is 26.5. The van der Waals surface area contributed by atoms with Crippen molar-refractivity contribution in [3.8, 4) is 0 Å². The molecule has 5 atom stereocenters. The summed E-state index contributed by atoms with van der Waals surface area (Å²) in [6, 6.07) is 31.5. The minimum Gasteiger partial charge on any atom is -0.460 e. The number of rotatable bonds is 14. The van der Waals surface area contributed by atoms with Gasteiger partial charge in [-0.2, -0.15) is 0 Å². The van der Waals surface area contributed by atoms with Crippen molar-refractivity contribution < 1.29 is 38.3 Å². The van der Waals surface area contributed by atoms with E-state index in [1.807, 2.05) is 35.3 Å². The Morgan fingerprint density at radius 3 is 1.67 bits per heavy atom. The molecule has 0 N–H and O–H groups in total. The van der Waals surface area contributed by atoms with E-state index in [1.54, 1.807) is 20.8 Å². The van der Waals surface area contributed by atoms with Crippen molar-refractivity contribution in [3.05, 3.63) is 120 Å². The van der Waals surface area contributed by atoms with Gasteiger partial charge in [0.1, 0.15) is 11.7 Å². The first-order valence-corrected chi connectivity index (χ1v) is 19.3. The van der Waals surface area contributed by atoms with Crippen LogP contribution in [0.25, 0.3) is 0 Å². The molecule has 5 unspecified atom stereocenters. The summed E-state index contributed by atoms with van der Waals surface area (Å²) < 4.78 is 11.6. The normalized spacial score (nSPS) is 22.8. The first-order valence-electron chi connectivity index (χ1n) is 19.3. The van der Waals surface area contributed by atoms with E-state index < -0.39 is 52.8 Å². The molecule has 7 rings (SSSR count). The van der Waals surface area contributed by atoms with Gasteiger partial charge in [0.25, 0.3) is 17.7 Å². The number of nitrogens with zero attached hydrogens (tertiary/aromatic N) is 3. The second-order valence-corrected chi connectivity index (χ2v) is 15.6. The van der Waals surface area contributed by atoms with Crippen LogP contribution in [0.15, 0.2) is 103 Å². The highest BCUT2D eigenvalue weighted by atomic mass is 16.7. The first kappa shape index (κ1) is 38.2. The third-order valence-electron chi connectivity index (χ3n) is 11.6. The molecule has 0 spiro atoms. The Morgan fingerprint density at radius 2 is 1.18 bits per heavy atom. The predicted molar refractivity (Wildman–Crippen MR) is 202 cm³/mol. The highest BCUT2D eigenvalue weighted by Gasteiger charge is 2.61. The zero-order valence-corrected chi connectivity index (χ0v) is 31.7. The molecule has 55 heavy (non-hydrogen) atoms. The SMILES string of the molecule is CC(OCCC(C)(C)OC(=O)CCC(=O)ON1C(=O)C2C3C=CC(C3)C2C1=O)C(=O)N1CCN(C(c2ccccc2)(c2ccccc2)c2ccccc2)CC1. The summed E-state index contributed by atoms with van der Waals surface area (Å²) in [5, 5.41) is 0.589. The van der Waals surface area contributed by atoms with Crippen molar-refractivity contribution in [2.45, 2.75) is 63.7 Å². The molecule has 3 aromatic rings. The standard InChI is InChI=1S/C44H49N3O8/c1-30(53-28-23-43(2,3)54-36(48)21-22-37(49)55-47-41(51)38-31-19-20-32(29-31)39(38)42(47)52)40(50)45-24-26-46(27-25-45)44(33-13-7-4-8-14-33,34-15-9-5-10-16-34)35-17-11-6-12-18-35/h4-20,30-32,38-39H,21-29H2,1-3H3. The van der Waals surface area contributed by atoms with Gasteiger partial charge in [0.05, 0.1) is 36.8 Å². The number of fused-ring (bicyclic) bond motifs is 5. The van der Waals surface area contributed by atoms with E-state index in [0.29, 0.717) is 37.7 Å². The van der Waals surface area contributed by atoms with Crippen LogP contribution in [0.5, 0.6) is 0 Å². The van der Waals surface area contributed by atoms with E-state index in [4.69, 9.17) is 14.3 Å². The highest BCUT2D eigenvalue weighted by Crippen LogP contribution is 2.52. The van der Waals surface area contributed by atoms with Crippen LogP contribution in [0.3, 0.4) is 0 Å². The Hall–Kier alpha value is -5.13. The quantitative estimate of drug-likeness (QED) is 0.0938. The number of allylic oxidation sites excluding steroid dienone is 2. The van der Waals surface area contributed by atoms with E-state index in [-0.39, 0.29) is 37.2 Å². The number of amides is 3. The summed E-state index contributed by atoms with van der Waals surface area (Å²) in [7, 11) is 0. The molecule has 2 aliphatic carbocycles. The molecule has 1 saturated carbocycles. The summed E-state index contributed by atoms with van der Waals surface area (Å²) in [6.07, 6.45) is 3.69. The van der Waals surface area contributed by atoms with Crippen molar-refractivity contribution >= 4 is 29.7 Å². The molecule has 3 amide bonds. The van der Waals surface area contributed by atoms with Crippen molar-refractivity contribution in [2.75, 3.05) is 32.8 Å². The van der Waals surface area contributed by atoms with E-state index in [2.05, 4.69) is 77.7 Å².